The molecule has 1 aliphatic heterocycles. The average molecular weight is 461 g/mol. The van der Waals surface area contributed by atoms with E-state index in [0.717, 1.165) is 24.2 Å². The van der Waals surface area contributed by atoms with Crippen LogP contribution in [0.1, 0.15) is 78.9 Å². The molecule has 2 aliphatic rings. The number of hydrogen-bond acceptors (Lipinski definition) is 5. The lowest BCUT2D eigenvalue weighted by atomic mass is 9.75. The van der Waals surface area contributed by atoms with Gasteiger partial charge < -0.3 is 14.9 Å². The Bertz CT molecular complexity index is 1150. The van der Waals surface area contributed by atoms with Crippen LogP contribution in [0, 0.1) is 0 Å². The van der Waals surface area contributed by atoms with Gasteiger partial charge in [0.2, 0.25) is 5.78 Å². The zero-order valence-corrected chi connectivity index (χ0v) is 21.5. The van der Waals surface area contributed by atoms with Crippen molar-refractivity contribution in [2.75, 3.05) is 33.2 Å². The maximum Gasteiger partial charge on any atom is 0.210 e. The zero-order valence-electron chi connectivity index (χ0n) is 21.5. The summed E-state index contributed by atoms with van der Waals surface area (Å²) in [4.78, 5) is 32.1. The summed E-state index contributed by atoms with van der Waals surface area (Å²) < 4.78 is 0. The Morgan fingerprint density at radius 3 is 1.71 bits per heavy atom. The number of phenolic OH excluding ortho intramolecular Hbond substituents is 1. The van der Waals surface area contributed by atoms with Crippen LogP contribution in [0.4, 0.5) is 0 Å². The number of ketones is 2. The molecule has 0 spiro atoms. The number of piperazine rings is 1. The molecule has 1 N–H and O–H groups in total. The van der Waals surface area contributed by atoms with E-state index in [9.17, 15) is 14.7 Å². The number of allylic oxidation sites excluding steroid dienone is 2. The van der Waals surface area contributed by atoms with E-state index < -0.39 is 0 Å². The molecule has 0 aromatic heterocycles. The summed E-state index contributed by atoms with van der Waals surface area (Å²) in [6.07, 6.45) is 0. The lowest BCUT2D eigenvalue weighted by Gasteiger charge is -2.37. The van der Waals surface area contributed by atoms with Crippen molar-refractivity contribution in [2.45, 2.75) is 52.4 Å². The standard InChI is InChI=1S/C29H36N2O3/c1-28(2,3)21-16-18(17-22(27(21)34)29(4,5)6)23-24(31-14-12-30(7)13-15-31)26(33)20-11-9-8-10-19(20)25(23)32/h8-11,16-17,34H,12-15H2,1-7H3. The third-order valence-electron chi connectivity index (χ3n) is 6.93. The number of benzene rings is 2. The highest BCUT2D eigenvalue weighted by Gasteiger charge is 2.38. The van der Waals surface area contributed by atoms with Crippen molar-refractivity contribution in [3.8, 4) is 5.75 Å². The van der Waals surface area contributed by atoms with Gasteiger partial charge in [0, 0.05) is 48.4 Å². The monoisotopic (exact) mass is 460 g/mol. The molecule has 5 heteroatoms. The fourth-order valence-electron chi connectivity index (χ4n) is 4.88. The van der Waals surface area contributed by atoms with Gasteiger partial charge >= 0.3 is 0 Å². The molecule has 180 valence electrons. The number of likely N-dealkylation sites (N-methyl/N-ethyl adjacent to an activating group) is 1. The number of nitrogens with zero attached hydrogens (tertiary/aromatic N) is 2. The SMILES string of the molecule is CN1CCN(C2=C(c3cc(C(C)(C)C)c(O)c(C(C)(C)C)c3)C(=O)c3ccccc3C2=O)CC1. The lowest BCUT2D eigenvalue weighted by molar-refractivity contribution is 0.0934. The second-order valence-electron chi connectivity index (χ2n) is 11.6. The van der Waals surface area contributed by atoms with Gasteiger partial charge in [-0.15, -0.1) is 0 Å². The fraction of sp³-hybridized carbons (Fsp3) is 0.448. The maximum absolute atomic E-state index is 14.0. The number of Topliss-reactive ketones (excluding diaryl/α,β-unsaturated/α-hetero) is 2. The second kappa shape index (κ2) is 8.38. The number of aromatic hydroxyl groups is 1. The van der Waals surface area contributed by atoms with Gasteiger partial charge in [-0.25, -0.2) is 0 Å². The van der Waals surface area contributed by atoms with Crippen LogP contribution in [0.25, 0.3) is 5.57 Å². The maximum atomic E-state index is 14.0. The van der Waals surface area contributed by atoms with Crippen LogP contribution in [0.2, 0.25) is 0 Å². The molecule has 2 aromatic carbocycles. The molecule has 34 heavy (non-hydrogen) atoms. The first-order valence-corrected chi connectivity index (χ1v) is 12.0. The predicted molar refractivity (Wildman–Crippen MR) is 137 cm³/mol. The molecule has 0 atom stereocenters. The second-order valence-corrected chi connectivity index (χ2v) is 11.6. The highest BCUT2D eigenvalue weighted by Crippen LogP contribution is 2.43. The molecule has 1 saturated heterocycles. The van der Waals surface area contributed by atoms with E-state index in [-0.39, 0.29) is 28.1 Å². The van der Waals surface area contributed by atoms with Crippen molar-refractivity contribution in [1.82, 2.24) is 9.80 Å². The normalized spacial score (nSPS) is 17.9. The predicted octanol–water partition coefficient (Wildman–Crippen LogP) is 5.02. The van der Waals surface area contributed by atoms with Crippen LogP contribution < -0.4 is 0 Å². The molecular formula is C29H36N2O3. The third-order valence-corrected chi connectivity index (χ3v) is 6.93. The summed E-state index contributed by atoms with van der Waals surface area (Å²) >= 11 is 0. The van der Waals surface area contributed by atoms with Gasteiger partial charge in [0.15, 0.2) is 5.78 Å². The summed E-state index contributed by atoms with van der Waals surface area (Å²) in [5, 5.41) is 11.2. The van der Waals surface area contributed by atoms with Gasteiger partial charge in [0.05, 0.1) is 11.3 Å². The molecule has 1 aliphatic carbocycles. The van der Waals surface area contributed by atoms with E-state index >= 15 is 0 Å². The summed E-state index contributed by atoms with van der Waals surface area (Å²) in [5.74, 6) is 0.0347. The lowest BCUT2D eigenvalue weighted by Crippen LogP contribution is -2.46. The summed E-state index contributed by atoms with van der Waals surface area (Å²) in [7, 11) is 2.07. The molecule has 0 unspecified atom stereocenters. The smallest absolute Gasteiger partial charge is 0.210 e. The summed E-state index contributed by atoms with van der Waals surface area (Å²) in [5.41, 5.74) is 3.43. The Kier molecular flexibility index (Phi) is 5.97. The van der Waals surface area contributed by atoms with Crippen molar-refractivity contribution >= 4 is 17.1 Å². The minimum atomic E-state index is -0.339. The zero-order chi connectivity index (χ0) is 25.0. The fourth-order valence-corrected chi connectivity index (χ4v) is 4.88. The van der Waals surface area contributed by atoms with Gasteiger partial charge in [-0.2, -0.15) is 0 Å². The largest absolute Gasteiger partial charge is 0.507 e. The molecule has 0 amide bonds. The van der Waals surface area contributed by atoms with Gasteiger partial charge in [-0.3, -0.25) is 9.59 Å². The van der Waals surface area contributed by atoms with Crippen molar-refractivity contribution in [3.63, 3.8) is 0 Å². The Balaban J connectivity index is 2.03. The molecular weight excluding hydrogens is 424 g/mol. The topological polar surface area (TPSA) is 60.9 Å². The minimum Gasteiger partial charge on any atom is -0.507 e. The summed E-state index contributed by atoms with van der Waals surface area (Å²) in [6, 6.07) is 10.9. The van der Waals surface area contributed by atoms with Crippen LogP contribution in [0.3, 0.4) is 0 Å². The van der Waals surface area contributed by atoms with E-state index in [2.05, 4.69) is 58.4 Å². The quantitative estimate of drug-likeness (QED) is 0.682. The molecule has 0 bridgehead atoms. The van der Waals surface area contributed by atoms with Crippen molar-refractivity contribution in [3.05, 3.63) is 69.9 Å². The van der Waals surface area contributed by atoms with E-state index in [1.165, 1.54) is 0 Å². The Hall–Kier alpha value is -2.92. The van der Waals surface area contributed by atoms with Crippen molar-refractivity contribution in [2.24, 2.45) is 0 Å². The van der Waals surface area contributed by atoms with Crippen molar-refractivity contribution in [1.29, 1.82) is 0 Å². The Morgan fingerprint density at radius 1 is 0.765 bits per heavy atom. The number of carbonyl (C=O) groups excluding carboxylic acids is 2. The Labute approximate surface area is 203 Å². The number of rotatable bonds is 2. The first-order chi connectivity index (χ1) is 15.8. The first-order valence-electron chi connectivity index (χ1n) is 12.0. The molecule has 2 aromatic rings. The highest BCUT2D eigenvalue weighted by molar-refractivity contribution is 6.40. The molecule has 4 rings (SSSR count). The number of fused-ring (bicyclic) bond motifs is 1. The number of hydrogen-bond donors (Lipinski definition) is 1. The van der Waals surface area contributed by atoms with Gasteiger partial charge in [0.25, 0.3) is 0 Å². The van der Waals surface area contributed by atoms with Crippen LogP contribution in [0.15, 0.2) is 42.1 Å². The molecule has 1 heterocycles. The molecule has 5 nitrogen and oxygen atoms in total. The van der Waals surface area contributed by atoms with Crippen LogP contribution >= 0.6 is 0 Å². The molecule has 0 radical (unpaired) electrons. The van der Waals surface area contributed by atoms with E-state index in [0.29, 0.717) is 41.1 Å². The minimum absolute atomic E-state index is 0.0996. The van der Waals surface area contributed by atoms with Crippen LogP contribution in [-0.2, 0) is 10.8 Å². The summed E-state index contributed by atoms with van der Waals surface area (Å²) in [6.45, 7) is 15.3. The van der Waals surface area contributed by atoms with Crippen LogP contribution in [0.5, 0.6) is 5.75 Å². The van der Waals surface area contributed by atoms with Crippen molar-refractivity contribution < 1.29 is 14.7 Å². The number of carbonyl (C=O) groups is 2. The third kappa shape index (κ3) is 4.18. The van der Waals surface area contributed by atoms with Gasteiger partial charge in [0.1, 0.15) is 5.75 Å². The molecule has 0 saturated carbocycles. The van der Waals surface area contributed by atoms with Gasteiger partial charge in [-0.05, 0) is 35.6 Å². The number of phenols is 1. The van der Waals surface area contributed by atoms with E-state index in [1.54, 1.807) is 18.2 Å². The van der Waals surface area contributed by atoms with E-state index in [4.69, 9.17) is 0 Å². The highest BCUT2D eigenvalue weighted by atomic mass is 16.3. The average Bonchev–Trinajstić information content (AvgIpc) is 2.75. The van der Waals surface area contributed by atoms with Gasteiger partial charge in [-0.1, -0.05) is 65.8 Å². The van der Waals surface area contributed by atoms with E-state index in [1.807, 2.05) is 18.2 Å². The van der Waals surface area contributed by atoms with Crippen LogP contribution in [-0.4, -0.2) is 59.7 Å². The first kappa shape index (κ1) is 24.2. The molecule has 1 fully saturated rings. The Morgan fingerprint density at radius 2 is 1.24 bits per heavy atom.